The molecule has 1 aliphatic heterocycles. The molecule has 4 rings (SSSR count). The molecule has 1 N–H and O–H groups in total. The maximum absolute atomic E-state index is 14.1. The number of nitrogens with zero attached hydrogens (tertiary/aromatic N) is 1. The van der Waals surface area contributed by atoms with E-state index in [-0.39, 0.29) is 11.7 Å². The number of carbonyl (C=O) groups is 2. The van der Waals surface area contributed by atoms with E-state index < -0.39 is 11.0 Å². The van der Waals surface area contributed by atoms with Crippen molar-refractivity contribution in [2.45, 2.75) is 39.3 Å². The Bertz CT molecular complexity index is 1330. The fourth-order valence-electron chi connectivity index (χ4n) is 4.70. The maximum atomic E-state index is 14.1. The zero-order chi connectivity index (χ0) is 26.1. The third-order valence-electron chi connectivity index (χ3n) is 6.65. The first kappa shape index (κ1) is 26.3. The van der Waals surface area contributed by atoms with Crippen LogP contribution in [0, 0.1) is 5.41 Å². The molecule has 0 unspecified atom stereocenters. The number of halogens is 3. The highest BCUT2D eigenvalue weighted by molar-refractivity contribution is 6.42. The predicted molar refractivity (Wildman–Crippen MR) is 148 cm³/mol. The number of anilines is 1. The molecule has 4 nitrogen and oxygen atoms in total. The smallest absolute Gasteiger partial charge is 0.251 e. The monoisotopic (exact) mass is 540 g/mol. The van der Waals surface area contributed by atoms with Gasteiger partial charge in [-0.05, 0) is 53.9 Å². The Morgan fingerprint density at radius 1 is 0.944 bits per heavy atom. The van der Waals surface area contributed by atoms with Gasteiger partial charge >= 0.3 is 0 Å². The van der Waals surface area contributed by atoms with Crippen molar-refractivity contribution in [1.82, 2.24) is 4.90 Å². The minimum Gasteiger partial charge on any atom is -0.358 e. The van der Waals surface area contributed by atoms with Gasteiger partial charge in [0.2, 0.25) is 0 Å². The summed E-state index contributed by atoms with van der Waals surface area (Å²) in [6.45, 7) is 6.59. The van der Waals surface area contributed by atoms with Crippen molar-refractivity contribution in [2.24, 2.45) is 5.41 Å². The molecule has 1 amide bonds. The predicted octanol–water partition coefficient (Wildman–Crippen LogP) is 8.02. The Labute approximate surface area is 226 Å². The summed E-state index contributed by atoms with van der Waals surface area (Å²) in [4.78, 5) is 29.5. The first-order chi connectivity index (χ1) is 17.0. The summed E-state index contributed by atoms with van der Waals surface area (Å²) in [7, 11) is 0. The number of carbonyl (C=O) groups excluding carboxylic acids is 2. The molecule has 3 aromatic rings. The van der Waals surface area contributed by atoms with Crippen LogP contribution in [0.25, 0.3) is 0 Å². The number of rotatable bonds is 6. The Balaban J connectivity index is 1.69. The molecule has 1 atom stereocenters. The van der Waals surface area contributed by atoms with Crippen molar-refractivity contribution in [2.75, 3.05) is 5.32 Å². The third kappa shape index (κ3) is 5.04. The van der Waals surface area contributed by atoms with Gasteiger partial charge < -0.3 is 10.2 Å². The van der Waals surface area contributed by atoms with Crippen molar-refractivity contribution < 1.29 is 9.59 Å². The van der Waals surface area contributed by atoms with Crippen LogP contribution >= 0.6 is 34.8 Å². The van der Waals surface area contributed by atoms with Crippen molar-refractivity contribution >= 4 is 52.2 Å². The minimum atomic E-state index is -0.911. The molecule has 36 heavy (non-hydrogen) atoms. The van der Waals surface area contributed by atoms with E-state index in [1.54, 1.807) is 48.5 Å². The molecule has 0 fully saturated rings. The number of nitrogens with one attached hydrogen (secondary N) is 1. The Hall–Kier alpha value is -2.79. The highest BCUT2D eigenvalue weighted by Gasteiger charge is 2.53. The average Bonchev–Trinajstić information content (AvgIpc) is 3.27. The molecule has 0 aliphatic carbocycles. The van der Waals surface area contributed by atoms with Gasteiger partial charge in [0.15, 0.2) is 5.78 Å². The lowest BCUT2D eigenvalue weighted by atomic mass is 9.70. The van der Waals surface area contributed by atoms with E-state index in [2.05, 4.69) is 5.32 Å². The van der Waals surface area contributed by atoms with Gasteiger partial charge in [0.05, 0.1) is 15.7 Å². The second-order valence-electron chi connectivity index (χ2n) is 9.91. The molecule has 0 aromatic heterocycles. The zero-order valence-corrected chi connectivity index (χ0v) is 22.6. The molecule has 3 aromatic carbocycles. The minimum absolute atomic E-state index is 0.204. The highest BCUT2D eigenvalue weighted by atomic mass is 35.5. The van der Waals surface area contributed by atoms with Crippen LogP contribution < -0.4 is 5.32 Å². The molecule has 7 heteroatoms. The molecule has 0 bridgehead atoms. The number of hydrogen-bond acceptors (Lipinski definition) is 3. The number of benzene rings is 3. The molecule has 0 radical (unpaired) electrons. The summed E-state index contributed by atoms with van der Waals surface area (Å²) < 4.78 is 0. The highest BCUT2D eigenvalue weighted by Crippen LogP contribution is 2.44. The third-order valence-corrected chi connectivity index (χ3v) is 7.63. The summed E-state index contributed by atoms with van der Waals surface area (Å²) in [5, 5.41) is 4.43. The first-order valence-corrected chi connectivity index (χ1v) is 12.7. The van der Waals surface area contributed by atoms with Crippen LogP contribution in [-0.4, -0.2) is 22.1 Å². The second-order valence-corrected chi connectivity index (χ2v) is 11.2. The molecular weight excluding hydrogens is 515 g/mol. The molecular formula is C29H27Cl3N2O2. The van der Waals surface area contributed by atoms with E-state index in [1.807, 2.05) is 56.1 Å². The van der Waals surface area contributed by atoms with Crippen LogP contribution in [0.3, 0.4) is 0 Å². The fraction of sp³-hybridized carbons (Fsp3) is 0.241. The molecule has 1 aliphatic rings. The second kappa shape index (κ2) is 10.3. The van der Waals surface area contributed by atoms with Gasteiger partial charge in [-0.2, -0.15) is 0 Å². The molecule has 0 spiro atoms. The summed E-state index contributed by atoms with van der Waals surface area (Å²) in [5.41, 5.74) is 0.850. The maximum Gasteiger partial charge on any atom is 0.251 e. The van der Waals surface area contributed by atoms with E-state index in [9.17, 15) is 9.59 Å². The van der Waals surface area contributed by atoms with Crippen molar-refractivity contribution in [1.29, 1.82) is 0 Å². The average molecular weight is 542 g/mol. The quantitative estimate of drug-likeness (QED) is 0.321. The van der Waals surface area contributed by atoms with E-state index in [4.69, 9.17) is 34.8 Å². The Kier molecular flexibility index (Phi) is 7.51. The number of amides is 1. The van der Waals surface area contributed by atoms with E-state index >= 15 is 0 Å². The van der Waals surface area contributed by atoms with Crippen LogP contribution in [0.2, 0.25) is 15.1 Å². The lowest BCUT2D eigenvalue weighted by Crippen LogP contribution is -2.60. The summed E-state index contributed by atoms with van der Waals surface area (Å²) in [6.07, 6.45) is 4.46. The normalized spacial score (nSPS) is 17.3. The van der Waals surface area contributed by atoms with E-state index in [1.165, 1.54) is 0 Å². The van der Waals surface area contributed by atoms with Crippen LogP contribution in [-0.2, 0) is 11.3 Å². The van der Waals surface area contributed by atoms with Crippen molar-refractivity contribution in [3.05, 3.63) is 111 Å². The summed E-state index contributed by atoms with van der Waals surface area (Å²) in [6, 6.07) is 19.4. The number of ketones is 1. The molecule has 0 saturated carbocycles. The van der Waals surface area contributed by atoms with Crippen molar-refractivity contribution in [3.63, 3.8) is 0 Å². The molecule has 186 valence electrons. The van der Waals surface area contributed by atoms with Crippen LogP contribution in [0.1, 0.15) is 48.7 Å². The van der Waals surface area contributed by atoms with Crippen LogP contribution in [0.5, 0.6) is 0 Å². The van der Waals surface area contributed by atoms with Gasteiger partial charge in [0.1, 0.15) is 5.54 Å². The van der Waals surface area contributed by atoms with Gasteiger partial charge in [-0.15, -0.1) is 0 Å². The lowest BCUT2D eigenvalue weighted by molar-refractivity contribution is -0.132. The lowest BCUT2D eigenvalue weighted by Gasteiger charge is -2.47. The van der Waals surface area contributed by atoms with Gasteiger partial charge in [-0.1, -0.05) is 98.0 Å². The largest absolute Gasteiger partial charge is 0.358 e. The molecule has 0 saturated heterocycles. The SMILES string of the molecule is CC(C)(C)[C@]1(C(=O)Nc2ccc(Cl)cc2C(=O)c2ccccc2)CC=CN1Cc1ccc(Cl)c(Cl)c1. The first-order valence-electron chi connectivity index (χ1n) is 11.6. The summed E-state index contributed by atoms with van der Waals surface area (Å²) in [5.74, 6) is -0.417. The van der Waals surface area contributed by atoms with Crippen LogP contribution in [0.15, 0.2) is 79.0 Å². The van der Waals surface area contributed by atoms with Crippen molar-refractivity contribution in [3.8, 4) is 0 Å². The summed E-state index contributed by atoms with van der Waals surface area (Å²) >= 11 is 18.6. The standard InChI is InChI=1S/C29H27Cl3N2O2/c1-28(2,3)29(14-7-15-34(29)18-19-10-12-23(31)24(32)16-19)27(36)33-25-13-11-21(30)17-22(25)26(35)20-8-5-4-6-9-20/h4-13,15-17H,14,18H2,1-3H3,(H,33,36)/t29-/m1/s1. The van der Waals surface area contributed by atoms with Gasteiger partial charge in [0, 0.05) is 22.7 Å². The molecule has 1 heterocycles. The van der Waals surface area contributed by atoms with Gasteiger partial charge in [0.25, 0.3) is 5.91 Å². The Morgan fingerprint density at radius 3 is 2.33 bits per heavy atom. The van der Waals surface area contributed by atoms with E-state index in [0.717, 1.165) is 5.56 Å². The Morgan fingerprint density at radius 2 is 1.67 bits per heavy atom. The topological polar surface area (TPSA) is 49.4 Å². The fourth-order valence-corrected chi connectivity index (χ4v) is 5.19. The van der Waals surface area contributed by atoms with Gasteiger partial charge in [-0.25, -0.2) is 0 Å². The van der Waals surface area contributed by atoms with E-state index in [0.29, 0.717) is 44.8 Å². The zero-order valence-electron chi connectivity index (χ0n) is 20.3. The van der Waals surface area contributed by atoms with Crippen LogP contribution in [0.4, 0.5) is 5.69 Å². The van der Waals surface area contributed by atoms with Gasteiger partial charge in [-0.3, -0.25) is 9.59 Å². The number of hydrogen-bond donors (Lipinski definition) is 1.